The Kier molecular flexibility index (Phi) is 3.49. The van der Waals surface area contributed by atoms with Gasteiger partial charge in [0, 0.05) is 23.6 Å². The van der Waals surface area contributed by atoms with Gasteiger partial charge in [-0.05, 0) is 6.07 Å². The van der Waals surface area contributed by atoms with Crippen LogP contribution in [-0.2, 0) is 6.42 Å². The van der Waals surface area contributed by atoms with Crippen LogP contribution in [-0.4, -0.2) is 16.9 Å². The van der Waals surface area contributed by atoms with Gasteiger partial charge in [0.2, 0.25) is 0 Å². The van der Waals surface area contributed by atoms with Crippen molar-refractivity contribution in [2.24, 2.45) is 0 Å². The van der Waals surface area contributed by atoms with Gasteiger partial charge in [-0.3, -0.25) is 0 Å². The summed E-state index contributed by atoms with van der Waals surface area (Å²) in [5.74, 6) is 0.532. The van der Waals surface area contributed by atoms with Gasteiger partial charge in [0.1, 0.15) is 11.5 Å². The molecule has 0 fully saturated rings. The molecule has 0 aliphatic heterocycles. The lowest BCUT2D eigenvalue weighted by Gasteiger charge is -2.00. The molecule has 0 radical (unpaired) electrons. The average molecular weight is 239 g/mol. The zero-order valence-electron chi connectivity index (χ0n) is 8.94. The van der Waals surface area contributed by atoms with E-state index in [1.807, 2.05) is 0 Å². The zero-order valence-corrected chi connectivity index (χ0v) is 8.94. The van der Waals surface area contributed by atoms with Crippen molar-refractivity contribution < 1.29 is 18.4 Å². The highest BCUT2D eigenvalue weighted by atomic mass is 19.3. The Bertz CT molecular complexity index is 497. The van der Waals surface area contributed by atoms with E-state index in [1.165, 1.54) is 12.1 Å². The van der Waals surface area contributed by atoms with Crippen LogP contribution in [0.5, 0.6) is 0 Å². The molecule has 5 heteroatoms. The van der Waals surface area contributed by atoms with E-state index in [-0.39, 0.29) is 12.2 Å². The minimum atomic E-state index is -2.50. The minimum absolute atomic E-state index is 0.0360. The molecule has 0 saturated heterocycles. The van der Waals surface area contributed by atoms with Crippen LogP contribution in [0, 0.1) is 0 Å². The van der Waals surface area contributed by atoms with E-state index >= 15 is 0 Å². The Morgan fingerprint density at radius 1 is 1.29 bits per heavy atom. The van der Waals surface area contributed by atoms with Crippen molar-refractivity contribution in [2.75, 3.05) is 6.61 Å². The molecule has 0 spiro atoms. The zero-order chi connectivity index (χ0) is 12.3. The highest BCUT2D eigenvalue weighted by Gasteiger charge is 2.10. The predicted molar refractivity (Wildman–Crippen MR) is 57.7 cm³/mol. The molecule has 1 aromatic carbocycles. The number of hydrogen-bond acceptors (Lipinski definition) is 3. The van der Waals surface area contributed by atoms with Gasteiger partial charge in [-0.15, -0.1) is 0 Å². The number of aromatic nitrogens is 1. The van der Waals surface area contributed by atoms with E-state index in [2.05, 4.69) is 5.16 Å². The van der Waals surface area contributed by atoms with Gasteiger partial charge in [0.15, 0.2) is 0 Å². The first-order chi connectivity index (χ1) is 8.20. The molecule has 0 aliphatic carbocycles. The Balaban J connectivity index is 2.28. The molecule has 17 heavy (non-hydrogen) atoms. The third-order valence-electron chi connectivity index (χ3n) is 2.35. The summed E-state index contributed by atoms with van der Waals surface area (Å²) < 4.78 is 30.0. The standard InChI is InChI=1S/C12H11F2NO2/c13-12(14)9-3-1-2-8(6-9)11-7-10(4-5-16)17-15-11/h1-3,6-7,12,16H,4-5H2. The van der Waals surface area contributed by atoms with Gasteiger partial charge in [0.05, 0.1) is 6.61 Å². The average Bonchev–Trinajstić information content (AvgIpc) is 2.78. The van der Waals surface area contributed by atoms with Gasteiger partial charge in [-0.25, -0.2) is 8.78 Å². The Morgan fingerprint density at radius 3 is 2.82 bits per heavy atom. The first kappa shape index (κ1) is 11.7. The maximum absolute atomic E-state index is 12.5. The summed E-state index contributed by atoms with van der Waals surface area (Å²) in [6.07, 6.45) is -2.14. The molecule has 1 aromatic heterocycles. The highest BCUT2D eigenvalue weighted by Crippen LogP contribution is 2.25. The van der Waals surface area contributed by atoms with Crippen LogP contribution in [0.4, 0.5) is 8.78 Å². The number of alkyl halides is 2. The van der Waals surface area contributed by atoms with Crippen LogP contribution < -0.4 is 0 Å². The minimum Gasteiger partial charge on any atom is -0.396 e. The molecular formula is C12H11F2NO2. The van der Waals surface area contributed by atoms with Gasteiger partial charge in [-0.2, -0.15) is 0 Å². The first-order valence-electron chi connectivity index (χ1n) is 5.15. The van der Waals surface area contributed by atoms with E-state index < -0.39 is 6.43 Å². The normalized spacial score (nSPS) is 11.1. The molecule has 0 atom stereocenters. The lowest BCUT2D eigenvalue weighted by Crippen LogP contribution is -1.86. The van der Waals surface area contributed by atoms with Crippen molar-refractivity contribution in [2.45, 2.75) is 12.8 Å². The van der Waals surface area contributed by atoms with Crippen molar-refractivity contribution in [3.8, 4) is 11.3 Å². The Hall–Kier alpha value is -1.75. The monoisotopic (exact) mass is 239 g/mol. The molecule has 0 unspecified atom stereocenters. The molecule has 0 aliphatic rings. The molecule has 2 aromatic rings. The van der Waals surface area contributed by atoms with Crippen LogP contribution in [0.3, 0.4) is 0 Å². The third-order valence-corrected chi connectivity index (χ3v) is 2.35. The van der Waals surface area contributed by atoms with E-state index in [1.54, 1.807) is 18.2 Å². The second-order valence-electron chi connectivity index (χ2n) is 3.58. The van der Waals surface area contributed by atoms with Crippen LogP contribution in [0.25, 0.3) is 11.3 Å². The number of hydrogen-bond donors (Lipinski definition) is 1. The lowest BCUT2D eigenvalue weighted by atomic mass is 10.1. The fraction of sp³-hybridized carbons (Fsp3) is 0.250. The van der Waals surface area contributed by atoms with Crippen molar-refractivity contribution >= 4 is 0 Å². The molecule has 1 heterocycles. The fourth-order valence-electron chi connectivity index (χ4n) is 1.51. The van der Waals surface area contributed by atoms with Crippen molar-refractivity contribution in [1.29, 1.82) is 0 Å². The molecular weight excluding hydrogens is 228 g/mol. The second kappa shape index (κ2) is 5.05. The summed E-state index contributed by atoms with van der Waals surface area (Å²) in [6.45, 7) is -0.0360. The Labute approximate surface area is 96.7 Å². The smallest absolute Gasteiger partial charge is 0.263 e. The van der Waals surface area contributed by atoms with Crippen LogP contribution in [0.2, 0.25) is 0 Å². The van der Waals surface area contributed by atoms with Crippen LogP contribution in [0.15, 0.2) is 34.9 Å². The lowest BCUT2D eigenvalue weighted by molar-refractivity contribution is 0.151. The van der Waals surface area contributed by atoms with E-state index in [9.17, 15) is 8.78 Å². The topological polar surface area (TPSA) is 46.3 Å². The highest BCUT2D eigenvalue weighted by molar-refractivity contribution is 5.59. The molecule has 0 saturated carbocycles. The fourth-order valence-corrected chi connectivity index (χ4v) is 1.51. The Morgan fingerprint density at radius 2 is 2.12 bits per heavy atom. The van der Waals surface area contributed by atoms with Crippen molar-refractivity contribution in [1.82, 2.24) is 5.16 Å². The molecule has 90 valence electrons. The predicted octanol–water partition coefficient (Wildman–Crippen LogP) is 2.81. The van der Waals surface area contributed by atoms with Crippen molar-refractivity contribution in [3.05, 3.63) is 41.7 Å². The van der Waals surface area contributed by atoms with Crippen LogP contribution in [0.1, 0.15) is 17.7 Å². The van der Waals surface area contributed by atoms with E-state index in [0.717, 1.165) is 0 Å². The summed E-state index contributed by atoms with van der Waals surface area (Å²) >= 11 is 0. The number of halogens is 2. The summed E-state index contributed by atoms with van der Waals surface area (Å²) in [5.41, 5.74) is 1.03. The molecule has 0 bridgehead atoms. The molecule has 1 N–H and O–H groups in total. The summed E-state index contributed by atoms with van der Waals surface area (Å²) in [7, 11) is 0. The number of rotatable bonds is 4. The van der Waals surface area contributed by atoms with Gasteiger partial charge < -0.3 is 9.63 Å². The molecule has 2 rings (SSSR count). The number of benzene rings is 1. The third kappa shape index (κ3) is 2.68. The van der Waals surface area contributed by atoms with Crippen molar-refractivity contribution in [3.63, 3.8) is 0 Å². The quantitative estimate of drug-likeness (QED) is 0.892. The number of aliphatic hydroxyl groups is 1. The molecule has 0 amide bonds. The summed E-state index contributed by atoms with van der Waals surface area (Å²) in [4.78, 5) is 0. The SMILES string of the molecule is OCCc1cc(-c2cccc(C(F)F)c2)no1. The van der Waals surface area contributed by atoms with Crippen LogP contribution >= 0.6 is 0 Å². The maximum atomic E-state index is 12.5. The van der Waals surface area contributed by atoms with Gasteiger partial charge in [0.25, 0.3) is 6.43 Å². The number of aliphatic hydroxyl groups excluding tert-OH is 1. The molecule has 3 nitrogen and oxygen atoms in total. The van der Waals surface area contributed by atoms with Gasteiger partial charge in [-0.1, -0.05) is 23.4 Å². The van der Waals surface area contributed by atoms with Gasteiger partial charge >= 0.3 is 0 Å². The largest absolute Gasteiger partial charge is 0.396 e. The summed E-state index contributed by atoms with van der Waals surface area (Å²) in [6, 6.07) is 7.62. The number of nitrogens with zero attached hydrogens (tertiary/aromatic N) is 1. The summed E-state index contributed by atoms with van der Waals surface area (Å²) in [5, 5.41) is 12.5. The van der Waals surface area contributed by atoms with E-state index in [0.29, 0.717) is 23.4 Å². The maximum Gasteiger partial charge on any atom is 0.263 e. The second-order valence-corrected chi connectivity index (χ2v) is 3.58. The van der Waals surface area contributed by atoms with E-state index in [4.69, 9.17) is 9.63 Å². The first-order valence-corrected chi connectivity index (χ1v) is 5.15.